The van der Waals surface area contributed by atoms with Crippen molar-refractivity contribution in [2.45, 2.75) is 0 Å². The number of aromatic hydroxyl groups is 1. The topological polar surface area (TPSA) is 46.5 Å². The molecule has 0 aliphatic carbocycles. The lowest BCUT2D eigenvalue weighted by molar-refractivity contribution is 0.0572. The fraction of sp³-hybridized carbons (Fsp3) is 0.125. The minimum absolute atomic E-state index is 0.159. The van der Waals surface area contributed by atoms with Crippen molar-refractivity contribution in [2.75, 3.05) is 6.23 Å². The van der Waals surface area contributed by atoms with Gasteiger partial charge in [0.2, 0.25) is 0 Å². The Morgan fingerprint density at radius 2 is 2.31 bits per heavy atom. The average molecular weight is 308 g/mol. The molecule has 0 radical (unpaired) electrons. The Labute approximate surface area is 92.7 Å². The Bertz CT molecular complexity index is 327. The van der Waals surface area contributed by atoms with Gasteiger partial charge in [0.1, 0.15) is 5.75 Å². The van der Waals surface area contributed by atoms with Crippen molar-refractivity contribution in [1.29, 1.82) is 0 Å². The third-order valence-electron chi connectivity index (χ3n) is 1.45. The molecular weight excluding hydrogens is 299 g/mol. The van der Waals surface area contributed by atoms with Crippen LogP contribution in [0, 0.1) is 3.57 Å². The van der Waals surface area contributed by atoms with Gasteiger partial charge in [-0.15, -0.1) is 0 Å². The lowest BCUT2D eigenvalue weighted by Gasteiger charge is -2.03. The number of phenols is 1. The van der Waals surface area contributed by atoms with Gasteiger partial charge in [0, 0.05) is 3.57 Å². The van der Waals surface area contributed by atoms with Gasteiger partial charge in [0.15, 0.2) is 0 Å². The molecule has 1 N–H and O–H groups in total. The number of phenolic OH excluding ortho intramolecular Hbond substituents is 1. The fourth-order valence-electron chi connectivity index (χ4n) is 0.878. The first-order valence-electron chi connectivity index (χ1n) is 3.80. The molecule has 0 atom stereocenters. The molecule has 13 heavy (non-hydrogen) atoms. The molecule has 1 aromatic rings. The molecule has 0 aliphatic heterocycles. The first kappa shape index (κ1) is 10.5. The number of rotatable bonds is 2. The minimum atomic E-state index is -0.320. The Morgan fingerprint density at radius 3 is 2.85 bits per heavy atom. The summed E-state index contributed by atoms with van der Waals surface area (Å²) in [5, 5.41) is 9.10. The largest absolute Gasteiger partial charge is 0.508 e. The highest BCUT2D eigenvalue weighted by atomic mass is 127. The van der Waals surface area contributed by atoms with E-state index in [0.29, 0.717) is 15.4 Å². The molecule has 0 unspecified atom stereocenters. The van der Waals surface area contributed by atoms with Crippen LogP contribution in [0.2, 0.25) is 0 Å². The molecule has 70 valence electrons. The summed E-state index contributed by atoms with van der Waals surface area (Å²) < 4.78 is 5.59. The third-order valence-corrected chi connectivity index (χ3v) is 2.63. The van der Waals surface area contributed by atoms with Crippen molar-refractivity contribution in [3.05, 3.63) is 27.3 Å². The first-order valence-corrected chi connectivity index (χ1v) is 6.30. The van der Waals surface area contributed by atoms with Gasteiger partial charge in [-0.05, 0) is 40.8 Å². The lowest BCUT2D eigenvalue weighted by atomic mass is 10.2. The summed E-state index contributed by atoms with van der Waals surface area (Å²) in [7, 11) is 0.839. The maximum atomic E-state index is 11.3. The standard InChI is InChI=1S/C8H9IO3Si/c9-7-3-5(10)1-2-6(7)8(11)12-4-13/h1-3,10H,4H2,13H3. The minimum Gasteiger partial charge on any atom is -0.508 e. The third kappa shape index (κ3) is 2.70. The van der Waals surface area contributed by atoms with Crippen LogP contribution in [-0.2, 0) is 4.74 Å². The van der Waals surface area contributed by atoms with Crippen molar-refractivity contribution in [1.82, 2.24) is 0 Å². The zero-order valence-corrected chi connectivity index (χ0v) is 11.2. The molecule has 0 bridgehead atoms. The van der Waals surface area contributed by atoms with Gasteiger partial charge < -0.3 is 9.84 Å². The second kappa shape index (κ2) is 4.61. The smallest absolute Gasteiger partial charge is 0.338 e. The zero-order valence-electron chi connectivity index (χ0n) is 7.08. The highest BCUT2D eigenvalue weighted by Crippen LogP contribution is 2.18. The van der Waals surface area contributed by atoms with Gasteiger partial charge in [0.25, 0.3) is 0 Å². The van der Waals surface area contributed by atoms with Crippen LogP contribution in [0.25, 0.3) is 0 Å². The van der Waals surface area contributed by atoms with Crippen LogP contribution in [0.1, 0.15) is 10.4 Å². The molecule has 0 heterocycles. The van der Waals surface area contributed by atoms with Gasteiger partial charge >= 0.3 is 5.97 Å². The van der Waals surface area contributed by atoms with Crippen molar-refractivity contribution in [2.24, 2.45) is 0 Å². The lowest BCUT2D eigenvalue weighted by Crippen LogP contribution is -2.07. The van der Waals surface area contributed by atoms with Gasteiger partial charge in [-0.1, -0.05) is 0 Å². The second-order valence-electron chi connectivity index (χ2n) is 2.38. The van der Waals surface area contributed by atoms with Crippen molar-refractivity contribution < 1.29 is 14.6 Å². The molecule has 1 rings (SSSR count). The molecule has 0 saturated carbocycles. The normalized spacial score (nSPS) is 9.92. The summed E-state index contributed by atoms with van der Waals surface area (Å²) in [6.45, 7) is 0. The number of esters is 1. The molecule has 0 amide bonds. The summed E-state index contributed by atoms with van der Waals surface area (Å²) in [5.74, 6) is -0.161. The van der Waals surface area contributed by atoms with Gasteiger partial charge in [0.05, 0.1) is 22.0 Å². The van der Waals surface area contributed by atoms with E-state index in [9.17, 15) is 4.79 Å². The quantitative estimate of drug-likeness (QED) is 0.491. The first-order chi connectivity index (χ1) is 6.15. The van der Waals surface area contributed by atoms with Crippen molar-refractivity contribution >= 4 is 38.8 Å². The van der Waals surface area contributed by atoms with Crippen LogP contribution < -0.4 is 0 Å². The Balaban J connectivity index is 2.95. The van der Waals surface area contributed by atoms with E-state index in [0.717, 1.165) is 10.2 Å². The predicted octanol–water partition coefficient (Wildman–Crippen LogP) is 0.476. The number of halogens is 1. The maximum absolute atomic E-state index is 11.3. The van der Waals surface area contributed by atoms with Crippen LogP contribution in [-0.4, -0.2) is 27.5 Å². The number of carbonyl (C=O) groups is 1. The molecule has 3 nitrogen and oxygen atoms in total. The molecule has 0 aliphatic rings. The molecular formula is C8H9IO3Si. The highest BCUT2D eigenvalue weighted by molar-refractivity contribution is 14.1. The van der Waals surface area contributed by atoms with Crippen LogP contribution in [0.4, 0.5) is 0 Å². The fourth-order valence-corrected chi connectivity index (χ4v) is 1.86. The predicted molar refractivity (Wildman–Crippen MR) is 61.0 cm³/mol. The number of benzene rings is 1. The van der Waals surface area contributed by atoms with E-state index < -0.39 is 0 Å². The summed E-state index contributed by atoms with van der Waals surface area (Å²) in [5.41, 5.74) is 0.509. The van der Waals surface area contributed by atoms with E-state index >= 15 is 0 Å². The average Bonchev–Trinajstić information content (AvgIpc) is 2.04. The van der Waals surface area contributed by atoms with Gasteiger partial charge in [-0.25, -0.2) is 4.79 Å². The summed E-state index contributed by atoms with van der Waals surface area (Å²) in [6, 6.07) is 4.58. The van der Waals surface area contributed by atoms with Crippen LogP contribution >= 0.6 is 22.6 Å². The number of carbonyl (C=O) groups excluding carboxylic acids is 1. The van der Waals surface area contributed by atoms with Crippen LogP contribution in [0.3, 0.4) is 0 Å². The van der Waals surface area contributed by atoms with E-state index in [2.05, 4.69) is 0 Å². The van der Waals surface area contributed by atoms with Crippen LogP contribution in [0.15, 0.2) is 18.2 Å². The highest BCUT2D eigenvalue weighted by Gasteiger charge is 2.10. The van der Waals surface area contributed by atoms with Crippen LogP contribution in [0.5, 0.6) is 5.75 Å². The maximum Gasteiger partial charge on any atom is 0.338 e. The summed E-state index contributed by atoms with van der Waals surface area (Å²) in [6.07, 6.45) is 0.496. The molecule has 0 saturated heterocycles. The molecule has 0 spiro atoms. The van der Waals surface area contributed by atoms with E-state index in [4.69, 9.17) is 9.84 Å². The Morgan fingerprint density at radius 1 is 1.62 bits per heavy atom. The molecule has 1 aromatic carbocycles. The second-order valence-corrected chi connectivity index (χ2v) is 4.12. The number of hydrogen-bond donors (Lipinski definition) is 1. The monoisotopic (exact) mass is 308 g/mol. The Hall–Kier alpha value is -0.563. The SMILES string of the molecule is O=C(OC[SiH3])c1ccc(O)cc1I. The molecule has 0 aromatic heterocycles. The summed E-state index contributed by atoms with van der Waals surface area (Å²) in [4.78, 5) is 11.3. The number of hydrogen-bond acceptors (Lipinski definition) is 3. The van der Waals surface area contributed by atoms with E-state index in [1.54, 1.807) is 6.07 Å². The summed E-state index contributed by atoms with van der Waals surface area (Å²) >= 11 is 1.99. The zero-order chi connectivity index (χ0) is 9.84. The van der Waals surface area contributed by atoms with Gasteiger partial charge in [-0.2, -0.15) is 0 Å². The Kier molecular flexibility index (Phi) is 3.73. The van der Waals surface area contributed by atoms with Crippen molar-refractivity contribution in [3.8, 4) is 5.75 Å². The molecule has 5 heteroatoms. The van der Waals surface area contributed by atoms with Gasteiger partial charge in [-0.3, -0.25) is 0 Å². The van der Waals surface area contributed by atoms with E-state index in [1.165, 1.54) is 12.1 Å². The number of ether oxygens (including phenoxy) is 1. The van der Waals surface area contributed by atoms with E-state index in [1.807, 2.05) is 22.6 Å². The van der Waals surface area contributed by atoms with Crippen molar-refractivity contribution in [3.63, 3.8) is 0 Å². The van der Waals surface area contributed by atoms with E-state index in [-0.39, 0.29) is 11.7 Å². The molecule has 0 fully saturated rings.